The number of ether oxygens (including phenoxy) is 2. The molecular formula is C17H31IN4O2. The van der Waals surface area contributed by atoms with E-state index in [-0.39, 0.29) is 30.1 Å². The maximum absolute atomic E-state index is 5.34. The zero-order valence-corrected chi connectivity index (χ0v) is 17.3. The summed E-state index contributed by atoms with van der Waals surface area (Å²) >= 11 is 0. The first-order valence-corrected chi connectivity index (χ1v) is 8.28. The summed E-state index contributed by atoms with van der Waals surface area (Å²) < 4.78 is 10.6. The normalized spacial score (nSPS) is 12.4. The Morgan fingerprint density at radius 2 is 2.08 bits per heavy atom. The summed E-state index contributed by atoms with van der Waals surface area (Å²) in [5.74, 6) is 0.801. The lowest BCUT2D eigenvalue weighted by Gasteiger charge is -2.14. The minimum Gasteiger partial charge on any atom is -0.382 e. The van der Waals surface area contributed by atoms with Crippen LogP contribution < -0.4 is 10.6 Å². The van der Waals surface area contributed by atoms with Gasteiger partial charge in [-0.3, -0.25) is 4.98 Å². The highest BCUT2D eigenvalue weighted by Crippen LogP contribution is 1.96. The fraction of sp³-hybridized carbons (Fsp3) is 0.647. The molecule has 7 heteroatoms. The van der Waals surface area contributed by atoms with Crippen LogP contribution in [0.4, 0.5) is 0 Å². The van der Waals surface area contributed by atoms with Crippen LogP contribution in [-0.2, 0) is 16.0 Å². The van der Waals surface area contributed by atoms with E-state index in [2.05, 4.69) is 27.5 Å². The molecule has 0 bridgehead atoms. The molecule has 1 unspecified atom stereocenters. The molecular weight excluding hydrogens is 419 g/mol. The summed E-state index contributed by atoms with van der Waals surface area (Å²) in [7, 11) is 1.73. The molecule has 0 aliphatic heterocycles. The lowest BCUT2D eigenvalue weighted by Crippen LogP contribution is -2.39. The molecule has 0 spiro atoms. The highest BCUT2D eigenvalue weighted by Gasteiger charge is 2.02. The number of hydrogen-bond donors (Lipinski definition) is 2. The van der Waals surface area contributed by atoms with Crippen molar-refractivity contribution in [1.29, 1.82) is 0 Å². The van der Waals surface area contributed by atoms with Crippen molar-refractivity contribution in [3.63, 3.8) is 0 Å². The van der Waals surface area contributed by atoms with Crippen LogP contribution in [0.25, 0.3) is 0 Å². The van der Waals surface area contributed by atoms with Gasteiger partial charge in [0.1, 0.15) is 0 Å². The molecule has 2 N–H and O–H groups in total. The van der Waals surface area contributed by atoms with Crippen molar-refractivity contribution in [1.82, 2.24) is 15.6 Å². The van der Waals surface area contributed by atoms with Gasteiger partial charge in [-0.2, -0.15) is 0 Å². The van der Waals surface area contributed by atoms with Crippen molar-refractivity contribution >= 4 is 29.9 Å². The molecule has 0 fully saturated rings. The second-order valence-electron chi connectivity index (χ2n) is 5.22. The first-order chi connectivity index (χ1) is 11.3. The van der Waals surface area contributed by atoms with E-state index < -0.39 is 0 Å². The minimum absolute atomic E-state index is 0. The van der Waals surface area contributed by atoms with E-state index in [0.717, 1.165) is 50.8 Å². The molecule has 1 aromatic rings. The maximum Gasteiger partial charge on any atom is 0.191 e. The molecule has 1 aromatic heterocycles. The molecule has 138 valence electrons. The molecule has 0 aliphatic carbocycles. The van der Waals surface area contributed by atoms with Crippen molar-refractivity contribution in [3.05, 3.63) is 30.1 Å². The summed E-state index contributed by atoms with van der Waals surface area (Å²) in [4.78, 5) is 8.88. The van der Waals surface area contributed by atoms with E-state index in [1.54, 1.807) is 13.3 Å². The van der Waals surface area contributed by atoms with Crippen LogP contribution in [0.2, 0.25) is 0 Å². The fourth-order valence-corrected chi connectivity index (χ4v) is 1.86. The van der Waals surface area contributed by atoms with E-state index >= 15 is 0 Å². The van der Waals surface area contributed by atoms with E-state index in [4.69, 9.17) is 9.47 Å². The third kappa shape index (κ3) is 11.6. The molecule has 24 heavy (non-hydrogen) atoms. The Hall–Kier alpha value is -0.930. The Morgan fingerprint density at radius 3 is 2.75 bits per heavy atom. The standard InChI is InChI=1S/C17H30N4O2.HI/c1-4-23-13-7-11-19-17(20-12-9-15(2)22-3)21-14-16-8-5-6-10-18-16;/h5-6,8,10,15H,4,7,9,11-14H2,1-3H3,(H2,19,20,21);1H. The summed E-state index contributed by atoms with van der Waals surface area (Å²) in [5, 5.41) is 6.67. The van der Waals surface area contributed by atoms with E-state index in [1.165, 1.54) is 0 Å². The van der Waals surface area contributed by atoms with Gasteiger partial charge < -0.3 is 20.1 Å². The van der Waals surface area contributed by atoms with Gasteiger partial charge in [0.2, 0.25) is 0 Å². The molecule has 0 aliphatic rings. The number of rotatable bonds is 11. The van der Waals surface area contributed by atoms with Gasteiger partial charge in [-0.25, -0.2) is 4.99 Å². The van der Waals surface area contributed by atoms with Gasteiger partial charge in [-0.05, 0) is 38.8 Å². The van der Waals surface area contributed by atoms with Crippen molar-refractivity contribution < 1.29 is 9.47 Å². The number of aromatic nitrogens is 1. The topological polar surface area (TPSA) is 67.8 Å². The number of pyridine rings is 1. The molecule has 0 aromatic carbocycles. The second kappa shape index (κ2) is 15.6. The van der Waals surface area contributed by atoms with Crippen LogP contribution in [0.3, 0.4) is 0 Å². The van der Waals surface area contributed by atoms with Gasteiger partial charge in [0, 0.05) is 39.6 Å². The van der Waals surface area contributed by atoms with Gasteiger partial charge in [0.05, 0.1) is 18.3 Å². The Bertz CT molecular complexity index is 432. The van der Waals surface area contributed by atoms with Crippen LogP contribution in [0.1, 0.15) is 32.4 Å². The molecule has 0 saturated heterocycles. The van der Waals surface area contributed by atoms with Crippen LogP contribution in [0.15, 0.2) is 29.4 Å². The van der Waals surface area contributed by atoms with E-state index in [0.29, 0.717) is 6.54 Å². The van der Waals surface area contributed by atoms with Gasteiger partial charge >= 0.3 is 0 Å². The number of guanidine groups is 1. The van der Waals surface area contributed by atoms with Crippen molar-refractivity contribution in [3.8, 4) is 0 Å². The molecule has 6 nitrogen and oxygen atoms in total. The zero-order valence-electron chi connectivity index (χ0n) is 15.0. The van der Waals surface area contributed by atoms with Crippen LogP contribution in [-0.4, -0.2) is 50.5 Å². The first kappa shape index (κ1) is 23.1. The smallest absolute Gasteiger partial charge is 0.191 e. The number of aliphatic imine (C=N–C) groups is 1. The molecule has 0 radical (unpaired) electrons. The van der Waals surface area contributed by atoms with E-state index in [1.807, 2.05) is 25.1 Å². The van der Waals surface area contributed by atoms with E-state index in [9.17, 15) is 0 Å². The van der Waals surface area contributed by atoms with Crippen molar-refractivity contribution in [2.45, 2.75) is 39.3 Å². The van der Waals surface area contributed by atoms with Gasteiger partial charge in [0.15, 0.2) is 5.96 Å². The minimum atomic E-state index is 0. The predicted octanol–water partition coefficient (Wildman–Crippen LogP) is 2.59. The Labute approximate surface area is 162 Å². The fourth-order valence-electron chi connectivity index (χ4n) is 1.86. The zero-order chi connectivity index (χ0) is 16.8. The summed E-state index contributed by atoms with van der Waals surface area (Å²) in [5.41, 5.74) is 0.952. The highest BCUT2D eigenvalue weighted by atomic mass is 127. The summed E-state index contributed by atoms with van der Waals surface area (Å²) in [6, 6.07) is 5.86. The van der Waals surface area contributed by atoms with Crippen molar-refractivity contribution in [2.75, 3.05) is 33.4 Å². The number of hydrogen-bond acceptors (Lipinski definition) is 4. The number of nitrogens with zero attached hydrogens (tertiary/aromatic N) is 2. The van der Waals surface area contributed by atoms with Crippen LogP contribution in [0, 0.1) is 0 Å². The monoisotopic (exact) mass is 450 g/mol. The highest BCUT2D eigenvalue weighted by molar-refractivity contribution is 14.0. The molecule has 1 atom stereocenters. The number of halogens is 1. The summed E-state index contributed by atoms with van der Waals surface area (Å²) in [6.45, 7) is 7.78. The quantitative estimate of drug-likeness (QED) is 0.235. The van der Waals surface area contributed by atoms with Gasteiger partial charge in [-0.1, -0.05) is 6.07 Å². The van der Waals surface area contributed by atoms with Crippen LogP contribution in [0.5, 0.6) is 0 Å². The van der Waals surface area contributed by atoms with Gasteiger partial charge in [0.25, 0.3) is 0 Å². The lowest BCUT2D eigenvalue weighted by atomic mass is 10.3. The van der Waals surface area contributed by atoms with Crippen molar-refractivity contribution in [2.24, 2.45) is 4.99 Å². The molecule has 0 amide bonds. The Morgan fingerprint density at radius 1 is 1.29 bits per heavy atom. The summed E-state index contributed by atoms with van der Waals surface area (Å²) in [6.07, 6.45) is 3.90. The molecule has 1 rings (SSSR count). The number of methoxy groups -OCH3 is 1. The average molecular weight is 450 g/mol. The third-order valence-corrected chi connectivity index (χ3v) is 3.33. The van der Waals surface area contributed by atoms with Gasteiger partial charge in [-0.15, -0.1) is 24.0 Å². The predicted molar refractivity (Wildman–Crippen MR) is 109 cm³/mol. The lowest BCUT2D eigenvalue weighted by molar-refractivity contribution is 0.112. The first-order valence-electron chi connectivity index (χ1n) is 8.28. The van der Waals surface area contributed by atoms with Crippen LogP contribution >= 0.6 is 24.0 Å². The largest absolute Gasteiger partial charge is 0.382 e. The maximum atomic E-state index is 5.34. The second-order valence-corrected chi connectivity index (χ2v) is 5.22. The molecule has 0 saturated carbocycles. The SMILES string of the molecule is CCOCCCNC(=NCc1ccccn1)NCCC(C)OC.I. The average Bonchev–Trinajstić information content (AvgIpc) is 2.59. The molecule has 1 heterocycles. The Kier molecular flexibility index (Phi) is 15.0. The third-order valence-electron chi connectivity index (χ3n) is 3.33. The number of nitrogens with one attached hydrogen (secondary N) is 2. The Balaban J connectivity index is 0.00000529.